The van der Waals surface area contributed by atoms with Gasteiger partial charge in [-0.15, -0.1) is 0 Å². The molecule has 1 unspecified atom stereocenters. The molecule has 3 aromatic rings. The summed E-state index contributed by atoms with van der Waals surface area (Å²) < 4.78 is 37.9. The quantitative estimate of drug-likeness (QED) is 0.508. The monoisotopic (exact) mass is 483 g/mol. The molecule has 178 valence electrons. The van der Waals surface area contributed by atoms with Crippen LogP contribution in [0.1, 0.15) is 17.7 Å². The molecule has 1 fully saturated rings. The number of methoxy groups -OCH3 is 1. The average Bonchev–Trinajstić information content (AvgIpc) is 3.48. The maximum atomic E-state index is 12.8. The zero-order valence-electron chi connectivity index (χ0n) is 18.8. The van der Waals surface area contributed by atoms with E-state index in [1.807, 2.05) is 19.1 Å². The number of hydrogen-bond donors (Lipinski definition) is 2. The molecule has 2 heterocycles. The smallest absolute Gasteiger partial charge is 0.240 e. The molecule has 0 aliphatic carbocycles. The first-order valence-corrected chi connectivity index (χ1v) is 12.1. The molecule has 10 heteroatoms. The fourth-order valence-electron chi connectivity index (χ4n) is 3.75. The highest BCUT2D eigenvalue weighted by Crippen LogP contribution is 2.34. The van der Waals surface area contributed by atoms with E-state index < -0.39 is 15.9 Å². The molecule has 9 nitrogen and oxygen atoms in total. The second-order valence-electron chi connectivity index (χ2n) is 8.00. The number of nitrogens with zero attached hydrogens (tertiary/aromatic N) is 1. The van der Waals surface area contributed by atoms with E-state index in [4.69, 9.17) is 9.15 Å². The molecule has 1 atom stereocenters. The highest BCUT2D eigenvalue weighted by atomic mass is 32.2. The molecule has 2 amide bonds. The van der Waals surface area contributed by atoms with Gasteiger partial charge in [0.05, 0.1) is 36.4 Å². The summed E-state index contributed by atoms with van der Waals surface area (Å²) in [6.45, 7) is 2.18. The van der Waals surface area contributed by atoms with Gasteiger partial charge in [0.1, 0.15) is 11.5 Å². The second kappa shape index (κ2) is 9.70. The van der Waals surface area contributed by atoms with Crippen LogP contribution < -0.4 is 19.7 Å². The number of nitrogens with one attached hydrogen (secondary N) is 2. The molecule has 1 aliphatic heterocycles. The summed E-state index contributed by atoms with van der Waals surface area (Å²) in [6.07, 6.45) is 1.54. The van der Waals surface area contributed by atoms with E-state index in [1.165, 1.54) is 37.6 Å². The van der Waals surface area contributed by atoms with Gasteiger partial charge in [-0.1, -0.05) is 6.07 Å². The van der Waals surface area contributed by atoms with Gasteiger partial charge in [0.2, 0.25) is 21.8 Å². The molecule has 34 heavy (non-hydrogen) atoms. The lowest BCUT2D eigenvalue weighted by Gasteiger charge is -2.20. The number of amides is 2. The number of rotatable bonds is 8. The maximum Gasteiger partial charge on any atom is 0.240 e. The standard InChI is InChI=1S/C24H25N3O6S/c1-16-5-10-22(32-2)21(12-16)27-15-17(13-23(27)28)24(29)26-18-6-8-20(9-7-18)34(30,31)25-14-19-4-3-11-33-19/h3-12,17,25H,13-15H2,1-2H3,(H,26,29). The first-order chi connectivity index (χ1) is 16.3. The number of aryl methyl sites for hydroxylation is 1. The second-order valence-corrected chi connectivity index (χ2v) is 9.77. The third-order valence-corrected chi connectivity index (χ3v) is 6.99. The largest absolute Gasteiger partial charge is 0.495 e. The average molecular weight is 484 g/mol. The summed E-state index contributed by atoms with van der Waals surface area (Å²) >= 11 is 0. The summed E-state index contributed by atoms with van der Waals surface area (Å²) in [4.78, 5) is 27.1. The van der Waals surface area contributed by atoms with Crippen molar-refractivity contribution in [2.45, 2.75) is 24.8 Å². The van der Waals surface area contributed by atoms with Crippen molar-refractivity contribution in [2.24, 2.45) is 5.92 Å². The van der Waals surface area contributed by atoms with Gasteiger partial charge in [-0.05, 0) is 61.0 Å². The van der Waals surface area contributed by atoms with Crippen LogP contribution in [0.3, 0.4) is 0 Å². The Labute approximate surface area is 197 Å². The van der Waals surface area contributed by atoms with Crippen LogP contribution in [0.4, 0.5) is 11.4 Å². The number of sulfonamides is 1. The maximum absolute atomic E-state index is 12.8. The Morgan fingerprint density at radius 2 is 1.94 bits per heavy atom. The van der Waals surface area contributed by atoms with Crippen molar-refractivity contribution in [1.29, 1.82) is 0 Å². The number of carbonyl (C=O) groups excluding carboxylic acids is 2. The SMILES string of the molecule is COc1ccc(C)cc1N1CC(C(=O)Nc2ccc(S(=O)(=O)NCc3ccco3)cc2)CC1=O. The summed E-state index contributed by atoms with van der Waals surface area (Å²) in [5.41, 5.74) is 2.05. The van der Waals surface area contributed by atoms with Gasteiger partial charge in [0.15, 0.2) is 0 Å². The van der Waals surface area contributed by atoms with E-state index in [9.17, 15) is 18.0 Å². The Morgan fingerprint density at radius 3 is 2.62 bits per heavy atom. The number of furan rings is 1. The predicted molar refractivity (Wildman–Crippen MR) is 126 cm³/mol. The third-order valence-electron chi connectivity index (χ3n) is 5.57. The lowest BCUT2D eigenvalue weighted by Crippen LogP contribution is -2.28. The van der Waals surface area contributed by atoms with Crippen molar-refractivity contribution < 1.29 is 27.2 Å². The Morgan fingerprint density at radius 1 is 1.18 bits per heavy atom. The van der Waals surface area contributed by atoms with Gasteiger partial charge < -0.3 is 19.4 Å². The van der Waals surface area contributed by atoms with E-state index in [0.717, 1.165) is 5.56 Å². The highest BCUT2D eigenvalue weighted by molar-refractivity contribution is 7.89. The van der Waals surface area contributed by atoms with E-state index in [2.05, 4.69) is 10.0 Å². The van der Waals surface area contributed by atoms with Crippen LogP contribution in [0, 0.1) is 12.8 Å². The first kappa shape index (κ1) is 23.5. The van der Waals surface area contributed by atoms with Crippen LogP contribution in [0.2, 0.25) is 0 Å². The lowest BCUT2D eigenvalue weighted by molar-refractivity contribution is -0.122. The first-order valence-electron chi connectivity index (χ1n) is 10.6. The minimum atomic E-state index is -3.74. The van der Waals surface area contributed by atoms with E-state index in [0.29, 0.717) is 22.9 Å². The predicted octanol–water partition coefficient (Wildman–Crippen LogP) is 3.07. The molecule has 1 saturated heterocycles. The summed E-state index contributed by atoms with van der Waals surface area (Å²) in [7, 11) is -2.20. The molecule has 0 saturated carbocycles. The number of benzene rings is 2. The van der Waals surface area contributed by atoms with Crippen LogP contribution in [0.25, 0.3) is 0 Å². The fraction of sp³-hybridized carbons (Fsp3) is 0.250. The van der Waals surface area contributed by atoms with Crippen LogP contribution in [0.5, 0.6) is 5.75 Å². The molecule has 1 aliphatic rings. The third kappa shape index (κ3) is 5.13. The molecule has 0 radical (unpaired) electrons. The molecule has 2 aromatic carbocycles. The molecule has 4 rings (SSSR count). The normalized spacial score (nSPS) is 16.0. The van der Waals surface area contributed by atoms with Gasteiger partial charge in [-0.25, -0.2) is 13.1 Å². The molecule has 0 spiro atoms. The van der Waals surface area contributed by atoms with Gasteiger partial charge in [-0.2, -0.15) is 0 Å². The van der Waals surface area contributed by atoms with E-state index >= 15 is 0 Å². The summed E-state index contributed by atoms with van der Waals surface area (Å²) in [5.74, 6) is 0.0478. The number of hydrogen-bond acceptors (Lipinski definition) is 6. The Hall–Kier alpha value is -3.63. The molecular weight excluding hydrogens is 458 g/mol. The Balaban J connectivity index is 1.39. The van der Waals surface area contributed by atoms with Crippen LogP contribution >= 0.6 is 0 Å². The molecule has 1 aromatic heterocycles. The minimum Gasteiger partial charge on any atom is -0.495 e. The molecule has 0 bridgehead atoms. The Bertz CT molecular complexity index is 1290. The van der Waals surface area contributed by atoms with Crippen molar-refractivity contribution in [1.82, 2.24) is 4.72 Å². The number of ether oxygens (including phenoxy) is 1. The number of anilines is 2. The summed E-state index contributed by atoms with van der Waals surface area (Å²) in [5, 5.41) is 2.77. The molecule has 2 N–H and O–H groups in total. The van der Waals surface area contributed by atoms with Crippen LogP contribution in [0.15, 0.2) is 70.2 Å². The van der Waals surface area contributed by atoms with Gasteiger partial charge in [0, 0.05) is 18.7 Å². The minimum absolute atomic E-state index is 0.0335. The van der Waals surface area contributed by atoms with Crippen molar-refractivity contribution in [3.63, 3.8) is 0 Å². The number of carbonyl (C=O) groups is 2. The molecular formula is C24H25N3O6S. The van der Waals surface area contributed by atoms with Gasteiger partial charge >= 0.3 is 0 Å². The van der Waals surface area contributed by atoms with Crippen LogP contribution in [-0.4, -0.2) is 33.9 Å². The van der Waals surface area contributed by atoms with Crippen LogP contribution in [-0.2, 0) is 26.2 Å². The lowest BCUT2D eigenvalue weighted by atomic mass is 10.1. The Kier molecular flexibility index (Phi) is 6.71. The topological polar surface area (TPSA) is 118 Å². The van der Waals surface area contributed by atoms with Crippen molar-refractivity contribution in [3.8, 4) is 5.75 Å². The summed E-state index contributed by atoms with van der Waals surface area (Å²) in [6, 6.07) is 14.7. The fourth-order valence-corrected chi connectivity index (χ4v) is 4.74. The van der Waals surface area contributed by atoms with E-state index in [-0.39, 0.29) is 36.2 Å². The highest BCUT2D eigenvalue weighted by Gasteiger charge is 2.36. The zero-order valence-corrected chi connectivity index (χ0v) is 19.6. The van der Waals surface area contributed by atoms with Crippen molar-refractivity contribution >= 4 is 33.2 Å². The zero-order chi connectivity index (χ0) is 24.3. The van der Waals surface area contributed by atoms with Gasteiger partial charge in [-0.3, -0.25) is 9.59 Å². The van der Waals surface area contributed by atoms with Gasteiger partial charge in [0.25, 0.3) is 0 Å². The van der Waals surface area contributed by atoms with Crippen molar-refractivity contribution in [2.75, 3.05) is 23.9 Å². The van der Waals surface area contributed by atoms with Crippen molar-refractivity contribution in [3.05, 3.63) is 72.2 Å². The van der Waals surface area contributed by atoms with E-state index in [1.54, 1.807) is 23.1 Å².